The minimum Gasteiger partial charge on any atom is -0.493 e. The number of imidazole rings is 1. The maximum Gasteiger partial charge on any atom is 0.203 e. The number of methoxy groups -OCH3 is 3. The average molecular weight is 327 g/mol. The lowest BCUT2D eigenvalue weighted by atomic mass is 10.1. The van der Waals surface area contributed by atoms with Crippen LogP contribution in [0.4, 0.5) is 0 Å². The summed E-state index contributed by atoms with van der Waals surface area (Å²) in [6.07, 6.45) is 6.75. The molecule has 3 rings (SSSR count). The predicted molar refractivity (Wildman–Crippen MR) is 88.6 cm³/mol. The lowest BCUT2D eigenvalue weighted by molar-refractivity contribution is 0.321. The topological polar surface area (TPSA) is 71.3 Å². The molecular formula is C17H19N4O3. The highest BCUT2D eigenvalue weighted by Crippen LogP contribution is 2.39. The van der Waals surface area contributed by atoms with E-state index >= 15 is 0 Å². The fraction of sp³-hybridized carbons (Fsp3) is 0.353. The van der Waals surface area contributed by atoms with Crippen molar-refractivity contribution in [2.45, 2.75) is 19.4 Å². The molecule has 0 aliphatic carbocycles. The molecule has 0 amide bonds. The number of hydrogen-bond acceptors (Lipinski definition) is 6. The van der Waals surface area contributed by atoms with Crippen molar-refractivity contribution in [3.8, 4) is 17.2 Å². The number of fused-ring (bicyclic) bond motifs is 1. The third kappa shape index (κ3) is 2.97. The zero-order valence-corrected chi connectivity index (χ0v) is 13.9. The summed E-state index contributed by atoms with van der Waals surface area (Å²) in [5, 5.41) is 0. The zero-order valence-electron chi connectivity index (χ0n) is 13.9. The third-order valence-electron chi connectivity index (χ3n) is 3.84. The monoisotopic (exact) mass is 327 g/mol. The molecule has 0 aliphatic heterocycles. The lowest BCUT2D eigenvalue weighted by Gasteiger charge is -2.15. The Balaban J connectivity index is 1.75. The zero-order chi connectivity index (χ0) is 16.9. The Hall–Kier alpha value is -2.83. The van der Waals surface area contributed by atoms with Crippen LogP contribution < -0.4 is 14.2 Å². The van der Waals surface area contributed by atoms with Crippen LogP contribution in [0.2, 0.25) is 0 Å². The van der Waals surface area contributed by atoms with Crippen LogP contribution in [-0.4, -0.2) is 40.8 Å². The molecule has 0 aliphatic rings. The van der Waals surface area contributed by atoms with Gasteiger partial charge in [-0.15, -0.1) is 0 Å². The summed E-state index contributed by atoms with van der Waals surface area (Å²) >= 11 is 0. The first kappa shape index (κ1) is 16.0. The van der Waals surface area contributed by atoms with Crippen molar-refractivity contribution in [3.63, 3.8) is 0 Å². The summed E-state index contributed by atoms with van der Waals surface area (Å²) in [7, 11) is 4.81. The summed E-state index contributed by atoms with van der Waals surface area (Å²) in [5.41, 5.74) is 2.59. The Bertz CT molecular complexity index is 832. The lowest BCUT2D eigenvalue weighted by Crippen LogP contribution is -2.02. The van der Waals surface area contributed by atoms with E-state index in [9.17, 15) is 0 Å². The minimum absolute atomic E-state index is 0.593. The van der Waals surface area contributed by atoms with Crippen molar-refractivity contribution in [2.75, 3.05) is 21.3 Å². The number of hydrogen-bond donors (Lipinski definition) is 0. The quantitative estimate of drug-likeness (QED) is 0.663. The fourth-order valence-electron chi connectivity index (χ4n) is 2.69. The molecule has 0 saturated heterocycles. The maximum absolute atomic E-state index is 5.49. The van der Waals surface area contributed by atoms with Gasteiger partial charge in [0.25, 0.3) is 0 Å². The van der Waals surface area contributed by atoms with Gasteiger partial charge in [-0.1, -0.05) is 0 Å². The molecule has 1 aromatic carbocycles. The first-order valence-corrected chi connectivity index (χ1v) is 7.58. The average Bonchev–Trinajstić information content (AvgIpc) is 3.04. The number of ether oxygens (including phenoxy) is 3. The van der Waals surface area contributed by atoms with E-state index in [1.165, 1.54) is 6.33 Å². The van der Waals surface area contributed by atoms with Crippen LogP contribution in [0.3, 0.4) is 0 Å². The number of nitrogens with zero attached hydrogens (tertiary/aromatic N) is 4. The van der Waals surface area contributed by atoms with Gasteiger partial charge in [-0.3, -0.25) is 0 Å². The molecule has 0 atom stereocenters. The van der Waals surface area contributed by atoms with Crippen molar-refractivity contribution in [1.82, 2.24) is 19.5 Å². The van der Waals surface area contributed by atoms with Crippen molar-refractivity contribution in [3.05, 3.63) is 36.5 Å². The SMILES string of the molecule is COc1c[c]c(CCCn2cnc3ncncc32)c(OC)c1OC. The van der Waals surface area contributed by atoms with E-state index in [-0.39, 0.29) is 0 Å². The number of aromatic nitrogens is 4. The molecule has 0 spiro atoms. The Morgan fingerprint density at radius 3 is 2.67 bits per heavy atom. The van der Waals surface area contributed by atoms with E-state index in [4.69, 9.17) is 14.2 Å². The van der Waals surface area contributed by atoms with Crippen LogP contribution in [-0.2, 0) is 13.0 Å². The largest absolute Gasteiger partial charge is 0.493 e. The van der Waals surface area contributed by atoms with Crippen LogP contribution in [0, 0.1) is 6.07 Å². The van der Waals surface area contributed by atoms with Crippen LogP contribution in [0.5, 0.6) is 17.2 Å². The normalized spacial score (nSPS) is 10.8. The Morgan fingerprint density at radius 2 is 1.92 bits per heavy atom. The predicted octanol–water partition coefficient (Wildman–Crippen LogP) is 2.29. The molecule has 1 radical (unpaired) electrons. The second kappa shape index (κ2) is 7.16. The van der Waals surface area contributed by atoms with Crippen LogP contribution in [0.15, 0.2) is 24.9 Å². The summed E-state index contributed by atoms with van der Waals surface area (Å²) in [6.45, 7) is 0.801. The second-order valence-corrected chi connectivity index (χ2v) is 5.18. The van der Waals surface area contributed by atoms with E-state index in [1.807, 2.05) is 4.57 Å². The number of aryl methyl sites for hydroxylation is 2. The Kier molecular flexibility index (Phi) is 4.79. The minimum atomic E-state index is 0.593. The van der Waals surface area contributed by atoms with Gasteiger partial charge >= 0.3 is 0 Å². The first-order chi connectivity index (χ1) is 11.8. The van der Waals surface area contributed by atoms with Crippen LogP contribution >= 0.6 is 0 Å². The van der Waals surface area contributed by atoms with Gasteiger partial charge < -0.3 is 18.8 Å². The highest BCUT2D eigenvalue weighted by molar-refractivity contribution is 5.68. The molecule has 0 saturated carbocycles. The molecule has 3 aromatic rings. The van der Waals surface area contributed by atoms with Crippen molar-refractivity contribution >= 4 is 11.2 Å². The van der Waals surface area contributed by atoms with E-state index in [0.717, 1.165) is 30.5 Å². The highest BCUT2D eigenvalue weighted by Gasteiger charge is 2.16. The molecule has 7 nitrogen and oxygen atoms in total. The van der Waals surface area contributed by atoms with Crippen LogP contribution in [0.1, 0.15) is 12.0 Å². The highest BCUT2D eigenvalue weighted by atomic mass is 16.5. The van der Waals surface area contributed by atoms with Crippen LogP contribution in [0.25, 0.3) is 11.2 Å². The second-order valence-electron chi connectivity index (χ2n) is 5.18. The van der Waals surface area contributed by atoms with E-state index in [0.29, 0.717) is 22.9 Å². The molecule has 0 bridgehead atoms. The third-order valence-corrected chi connectivity index (χ3v) is 3.84. The summed E-state index contributed by atoms with van der Waals surface area (Å²) in [6, 6.07) is 4.99. The molecule has 125 valence electrons. The van der Waals surface area contributed by atoms with E-state index in [1.54, 1.807) is 39.9 Å². The van der Waals surface area contributed by atoms with Gasteiger partial charge in [0.05, 0.1) is 33.9 Å². The van der Waals surface area contributed by atoms with E-state index in [2.05, 4.69) is 21.0 Å². The van der Waals surface area contributed by atoms with Gasteiger partial charge in [-0.2, -0.15) is 0 Å². The molecule has 0 unspecified atom stereocenters. The molecular weight excluding hydrogens is 308 g/mol. The molecule has 0 fully saturated rings. The number of benzene rings is 1. The van der Waals surface area contributed by atoms with Crippen molar-refractivity contribution < 1.29 is 14.2 Å². The smallest absolute Gasteiger partial charge is 0.203 e. The van der Waals surface area contributed by atoms with Gasteiger partial charge in [-0.25, -0.2) is 15.0 Å². The standard InChI is InChI=1S/C17H19N4O3/c1-22-14-7-6-12(15(23-2)16(14)24-3)5-4-8-21-11-20-17-13(21)9-18-10-19-17/h7,9-11H,4-5,8H2,1-3H3. The molecule has 7 heteroatoms. The van der Waals surface area contributed by atoms with Gasteiger partial charge in [0.1, 0.15) is 11.8 Å². The van der Waals surface area contributed by atoms with Crippen molar-refractivity contribution in [1.29, 1.82) is 0 Å². The Morgan fingerprint density at radius 1 is 1.08 bits per heavy atom. The molecule has 2 aromatic heterocycles. The van der Waals surface area contributed by atoms with Crippen molar-refractivity contribution in [2.24, 2.45) is 0 Å². The molecule has 2 heterocycles. The van der Waals surface area contributed by atoms with Gasteiger partial charge in [0.2, 0.25) is 5.75 Å². The van der Waals surface area contributed by atoms with Gasteiger partial charge in [0.15, 0.2) is 17.1 Å². The summed E-state index contributed by atoms with van der Waals surface area (Å²) < 4.78 is 18.2. The molecule has 0 N–H and O–H groups in total. The number of rotatable bonds is 7. The molecule has 24 heavy (non-hydrogen) atoms. The Labute approximate surface area is 140 Å². The summed E-state index contributed by atoms with van der Waals surface area (Å²) in [4.78, 5) is 12.5. The summed E-state index contributed by atoms with van der Waals surface area (Å²) in [5.74, 6) is 1.86. The fourth-order valence-corrected chi connectivity index (χ4v) is 2.69. The van der Waals surface area contributed by atoms with Gasteiger partial charge in [0, 0.05) is 12.1 Å². The van der Waals surface area contributed by atoms with Gasteiger partial charge in [-0.05, 0) is 25.0 Å². The van der Waals surface area contributed by atoms with E-state index < -0.39 is 0 Å². The maximum atomic E-state index is 5.49. The first-order valence-electron chi connectivity index (χ1n) is 7.58.